The van der Waals surface area contributed by atoms with Gasteiger partial charge in [0.15, 0.2) is 0 Å². The van der Waals surface area contributed by atoms with E-state index in [-0.39, 0.29) is 17.5 Å². The van der Waals surface area contributed by atoms with Crippen molar-refractivity contribution in [1.29, 1.82) is 0 Å². The van der Waals surface area contributed by atoms with Crippen LogP contribution in [0, 0.1) is 0 Å². The third-order valence-corrected chi connectivity index (χ3v) is 2.68. The van der Waals surface area contributed by atoms with Crippen molar-refractivity contribution in [3.05, 3.63) is 12.1 Å². The van der Waals surface area contributed by atoms with Crippen LogP contribution in [0.3, 0.4) is 0 Å². The van der Waals surface area contributed by atoms with Gasteiger partial charge in [-0.25, -0.2) is 4.79 Å². The molecule has 2 N–H and O–H groups in total. The van der Waals surface area contributed by atoms with Crippen LogP contribution >= 0.6 is 11.8 Å². The molecule has 0 amide bonds. The summed E-state index contributed by atoms with van der Waals surface area (Å²) >= 11 is 1.36. The second-order valence-electron chi connectivity index (χ2n) is 3.06. The highest BCUT2D eigenvalue weighted by atomic mass is 32.2. The van der Waals surface area contributed by atoms with Gasteiger partial charge in [0, 0.05) is 24.5 Å². The molecule has 1 rings (SSSR count). The number of nitrogens with zero attached hydrogens (tertiary/aromatic N) is 1. The van der Waals surface area contributed by atoms with Crippen molar-refractivity contribution in [1.82, 2.24) is 4.73 Å². The molecule has 0 saturated heterocycles. The molecule has 0 unspecified atom stereocenters. The van der Waals surface area contributed by atoms with Crippen LogP contribution in [0.2, 0.25) is 0 Å². The van der Waals surface area contributed by atoms with Crippen molar-refractivity contribution >= 4 is 17.7 Å². The fourth-order valence-corrected chi connectivity index (χ4v) is 1.64. The van der Waals surface area contributed by atoms with Gasteiger partial charge in [-0.3, -0.25) is 0 Å². The second-order valence-corrected chi connectivity index (χ2v) is 4.16. The summed E-state index contributed by atoms with van der Waals surface area (Å²) in [5.41, 5.74) is 0. The summed E-state index contributed by atoms with van der Waals surface area (Å²) in [6, 6.07) is 2.45. The maximum absolute atomic E-state index is 11.3. The normalized spacial score (nSPS) is 10.4. The molecule has 6 nitrogen and oxygen atoms in total. The zero-order chi connectivity index (χ0) is 12.7. The molecule has 0 aliphatic heterocycles. The molecule has 1 aromatic rings. The van der Waals surface area contributed by atoms with Crippen molar-refractivity contribution in [3.8, 4) is 11.8 Å². The van der Waals surface area contributed by atoms with Crippen molar-refractivity contribution in [2.24, 2.45) is 0 Å². The van der Waals surface area contributed by atoms with Crippen LogP contribution in [-0.4, -0.2) is 45.6 Å². The Kier molecular flexibility index (Phi) is 5.71. The quantitative estimate of drug-likeness (QED) is 0.700. The van der Waals surface area contributed by atoms with Crippen LogP contribution in [0.5, 0.6) is 11.8 Å². The molecule has 7 heteroatoms. The Bertz CT molecular complexity index is 346. The molecule has 1 aromatic heterocycles. The molecule has 0 radical (unpaired) electrons. The summed E-state index contributed by atoms with van der Waals surface area (Å²) in [7, 11) is 0. The van der Waals surface area contributed by atoms with Gasteiger partial charge < -0.3 is 19.8 Å². The Morgan fingerprint density at radius 1 is 1.41 bits per heavy atom. The average molecular weight is 261 g/mol. The number of aromatic nitrogens is 1. The van der Waals surface area contributed by atoms with Gasteiger partial charge in [-0.15, -0.1) is 16.5 Å². The molecule has 17 heavy (non-hydrogen) atoms. The van der Waals surface area contributed by atoms with E-state index in [0.717, 1.165) is 0 Å². The Morgan fingerprint density at radius 3 is 2.65 bits per heavy atom. The van der Waals surface area contributed by atoms with Crippen molar-refractivity contribution < 1.29 is 24.6 Å². The van der Waals surface area contributed by atoms with Crippen molar-refractivity contribution in [2.75, 3.05) is 24.7 Å². The molecule has 0 aliphatic rings. The highest BCUT2D eigenvalue weighted by Gasteiger charge is 2.11. The predicted molar refractivity (Wildman–Crippen MR) is 63.2 cm³/mol. The van der Waals surface area contributed by atoms with Gasteiger partial charge >= 0.3 is 5.97 Å². The van der Waals surface area contributed by atoms with E-state index in [4.69, 9.17) is 9.57 Å². The van der Waals surface area contributed by atoms with E-state index in [1.807, 2.05) is 6.92 Å². The van der Waals surface area contributed by atoms with Crippen molar-refractivity contribution in [3.63, 3.8) is 0 Å². The lowest BCUT2D eigenvalue weighted by molar-refractivity contribution is -0.142. The van der Waals surface area contributed by atoms with Gasteiger partial charge in [0.2, 0.25) is 11.8 Å². The summed E-state index contributed by atoms with van der Waals surface area (Å²) < 4.78 is 5.77. The molecule has 0 bridgehead atoms. The highest BCUT2D eigenvalue weighted by Crippen LogP contribution is 2.18. The molecule has 0 atom stereocenters. The lowest BCUT2D eigenvalue weighted by Crippen LogP contribution is -2.21. The number of carbonyl (C=O) groups excluding carboxylic acids is 1. The number of aromatic hydroxyl groups is 2. The third kappa shape index (κ3) is 4.58. The van der Waals surface area contributed by atoms with Crippen LogP contribution in [0.25, 0.3) is 0 Å². The maximum Gasteiger partial charge on any atom is 0.343 e. The molecule has 0 saturated carbocycles. The molecule has 0 aliphatic carbocycles. The lowest BCUT2D eigenvalue weighted by atomic mass is 10.6. The molecule has 96 valence electrons. The van der Waals surface area contributed by atoms with E-state index in [9.17, 15) is 15.0 Å². The van der Waals surface area contributed by atoms with Gasteiger partial charge in [-0.1, -0.05) is 0 Å². The summed E-state index contributed by atoms with van der Waals surface area (Å²) in [5.74, 6) is -0.380. The van der Waals surface area contributed by atoms with Crippen LogP contribution in [0.15, 0.2) is 12.1 Å². The SMILES string of the molecule is CCOCCSCC(=O)On1c(O)ccc1O. The van der Waals surface area contributed by atoms with Gasteiger partial charge in [-0.2, -0.15) is 0 Å². The number of hydrogen-bond acceptors (Lipinski definition) is 6. The van der Waals surface area contributed by atoms with Crippen molar-refractivity contribution in [2.45, 2.75) is 6.92 Å². The van der Waals surface area contributed by atoms with Gasteiger partial charge in [-0.05, 0) is 6.92 Å². The fraction of sp³-hybridized carbons (Fsp3) is 0.500. The standard InChI is InChI=1S/C10H15NO5S/c1-2-15-5-6-17-7-10(14)16-11-8(12)3-4-9(11)13/h3-4,12-13H,2,5-7H2,1H3. The zero-order valence-corrected chi connectivity index (χ0v) is 10.3. The van der Waals surface area contributed by atoms with E-state index >= 15 is 0 Å². The Morgan fingerprint density at radius 2 is 2.06 bits per heavy atom. The van der Waals surface area contributed by atoms with E-state index in [1.165, 1.54) is 23.9 Å². The molecule has 0 aromatic carbocycles. The van der Waals surface area contributed by atoms with E-state index in [1.54, 1.807) is 0 Å². The number of ether oxygens (including phenoxy) is 1. The molecule has 0 fully saturated rings. The van der Waals surface area contributed by atoms with E-state index in [0.29, 0.717) is 23.7 Å². The number of thioether (sulfide) groups is 1. The Hall–Kier alpha value is -1.34. The Balaban J connectivity index is 2.26. The van der Waals surface area contributed by atoms with E-state index < -0.39 is 5.97 Å². The van der Waals surface area contributed by atoms with Gasteiger partial charge in [0.05, 0.1) is 12.4 Å². The van der Waals surface area contributed by atoms with Crippen LogP contribution in [0.4, 0.5) is 0 Å². The molecular formula is C10H15NO5S. The minimum Gasteiger partial charge on any atom is -0.492 e. The summed E-state index contributed by atoms with van der Waals surface area (Å²) in [6.45, 7) is 3.13. The van der Waals surface area contributed by atoms with E-state index in [2.05, 4.69) is 0 Å². The first-order valence-corrected chi connectivity index (χ1v) is 6.27. The molecule has 0 spiro atoms. The highest BCUT2D eigenvalue weighted by molar-refractivity contribution is 7.99. The smallest absolute Gasteiger partial charge is 0.343 e. The Labute approximate surface area is 103 Å². The first kappa shape index (κ1) is 13.7. The third-order valence-electron chi connectivity index (χ3n) is 1.79. The molecular weight excluding hydrogens is 246 g/mol. The second kappa shape index (κ2) is 7.08. The average Bonchev–Trinajstić information content (AvgIpc) is 2.60. The number of hydrogen-bond donors (Lipinski definition) is 2. The van der Waals surface area contributed by atoms with Crippen LogP contribution in [0.1, 0.15) is 6.92 Å². The van der Waals surface area contributed by atoms with Gasteiger partial charge in [0.1, 0.15) is 0 Å². The zero-order valence-electron chi connectivity index (χ0n) is 9.46. The monoisotopic (exact) mass is 261 g/mol. The topological polar surface area (TPSA) is 80.9 Å². The minimum absolute atomic E-state index is 0.129. The number of rotatable bonds is 7. The number of carbonyl (C=O) groups is 1. The lowest BCUT2D eigenvalue weighted by Gasteiger charge is -2.06. The minimum atomic E-state index is -0.548. The summed E-state index contributed by atoms with van der Waals surface area (Å²) in [6.07, 6.45) is 0. The first-order chi connectivity index (χ1) is 8.15. The summed E-state index contributed by atoms with van der Waals surface area (Å²) in [5, 5.41) is 18.4. The van der Waals surface area contributed by atoms with Crippen LogP contribution < -0.4 is 4.84 Å². The predicted octanol–water partition coefficient (Wildman–Crippen LogP) is 0.624. The maximum atomic E-state index is 11.3. The largest absolute Gasteiger partial charge is 0.492 e. The van der Waals surface area contributed by atoms with Gasteiger partial charge in [0.25, 0.3) is 0 Å². The first-order valence-electron chi connectivity index (χ1n) is 5.11. The van der Waals surface area contributed by atoms with Crippen LogP contribution in [-0.2, 0) is 9.53 Å². The fourth-order valence-electron chi connectivity index (χ4n) is 1.04. The summed E-state index contributed by atoms with van der Waals surface area (Å²) in [4.78, 5) is 16.1. The molecule has 1 heterocycles.